The highest BCUT2D eigenvalue weighted by molar-refractivity contribution is 7.46. The Kier molecular flexibility index (Phi) is 35.8. The average Bonchev–Trinajstić information content (AvgIpc) is 3.08. The number of carbonyl (C=O) groups excluding carboxylic acids is 2. The van der Waals surface area contributed by atoms with Crippen molar-refractivity contribution >= 4 is 19.8 Å². The summed E-state index contributed by atoms with van der Waals surface area (Å²) in [6.07, 6.45) is 41.8. The number of unbranched alkanes of at least 4 members (excludes halogenated alkanes) is 23. The zero-order valence-corrected chi connectivity index (χ0v) is 32.8. The zero-order chi connectivity index (χ0) is 36.8. The van der Waals surface area contributed by atoms with E-state index in [2.05, 4.69) is 42.3 Å². The van der Waals surface area contributed by atoms with Gasteiger partial charge in [0, 0.05) is 12.8 Å². The molecule has 9 heteroatoms. The van der Waals surface area contributed by atoms with Gasteiger partial charge >= 0.3 is 19.8 Å². The van der Waals surface area contributed by atoms with Gasteiger partial charge in [0.25, 0.3) is 0 Å². The predicted octanol–water partition coefficient (Wildman–Crippen LogP) is 12.2. The maximum absolute atomic E-state index is 12.4. The molecule has 0 spiro atoms. The topological polar surface area (TPSA) is 119 Å². The van der Waals surface area contributed by atoms with Gasteiger partial charge in [-0.2, -0.15) is 0 Å². The third-order valence-electron chi connectivity index (χ3n) is 8.78. The second kappa shape index (κ2) is 37.0. The molecule has 0 aromatic heterocycles. The molecule has 0 aliphatic rings. The normalized spacial score (nSPS) is 12.5. The molecular formula is C41H75O8P. The molecule has 50 heavy (non-hydrogen) atoms. The Morgan fingerprint density at radius 3 is 1.46 bits per heavy atom. The molecule has 0 amide bonds. The lowest BCUT2D eigenvalue weighted by molar-refractivity contribution is -0.161. The van der Waals surface area contributed by atoms with Gasteiger partial charge in [-0.1, -0.05) is 153 Å². The summed E-state index contributed by atoms with van der Waals surface area (Å²) in [5.41, 5.74) is 0. The smallest absolute Gasteiger partial charge is 0.462 e. The first-order valence-corrected chi connectivity index (χ1v) is 21.8. The van der Waals surface area contributed by atoms with Crippen LogP contribution in [0, 0.1) is 0 Å². The summed E-state index contributed by atoms with van der Waals surface area (Å²) in [7, 11) is -4.75. The summed E-state index contributed by atoms with van der Waals surface area (Å²) in [4.78, 5) is 42.8. The van der Waals surface area contributed by atoms with E-state index in [1.54, 1.807) is 0 Å². The van der Waals surface area contributed by atoms with Crippen LogP contribution in [0.4, 0.5) is 0 Å². The standard InChI is InChI=1S/C41H75O8P/c1-3-5-7-9-11-13-15-17-19-20-22-24-26-28-30-32-34-36-41(43)49-39(38-48-50(44,45)46)37-47-40(42)35-33-31-29-27-25-23-21-18-16-14-12-10-8-6-4-2/h4,11,13,17,19,39H,2-3,5-10,12,14-16,18,20-38H2,1H3,(H2,44,45,46)/b13-11+,19-17+/t39-/m1/s1. The Labute approximate surface area is 306 Å². The number of rotatable bonds is 38. The number of hydrogen-bond acceptors (Lipinski definition) is 6. The molecule has 0 aromatic carbocycles. The van der Waals surface area contributed by atoms with Crippen molar-refractivity contribution < 1.29 is 37.9 Å². The van der Waals surface area contributed by atoms with Crippen LogP contribution in [0.15, 0.2) is 37.0 Å². The molecule has 0 bridgehead atoms. The molecule has 0 radical (unpaired) electrons. The van der Waals surface area contributed by atoms with Crippen molar-refractivity contribution in [1.82, 2.24) is 0 Å². The minimum atomic E-state index is -4.75. The molecule has 0 saturated carbocycles. The minimum absolute atomic E-state index is 0.203. The van der Waals surface area contributed by atoms with Crippen LogP contribution in [-0.4, -0.2) is 41.0 Å². The Morgan fingerprint density at radius 2 is 1.00 bits per heavy atom. The zero-order valence-electron chi connectivity index (χ0n) is 31.9. The molecule has 0 aromatic rings. The number of ether oxygens (including phenoxy) is 2. The molecule has 0 unspecified atom stereocenters. The first kappa shape index (κ1) is 48.3. The number of hydrogen-bond donors (Lipinski definition) is 2. The van der Waals surface area contributed by atoms with Crippen LogP contribution in [0.3, 0.4) is 0 Å². The number of phosphoric ester groups is 1. The van der Waals surface area contributed by atoms with Gasteiger partial charge in [-0.3, -0.25) is 14.1 Å². The summed E-state index contributed by atoms with van der Waals surface area (Å²) in [5.74, 6) is -0.893. The van der Waals surface area contributed by atoms with Crippen molar-refractivity contribution in [2.75, 3.05) is 13.2 Å². The van der Waals surface area contributed by atoms with Crippen LogP contribution in [0.1, 0.15) is 193 Å². The lowest BCUT2D eigenvalue weighted by Gasteiger charge is -2.18. The summed E-state index contributed by atoms with van der Waals surface area (Å²) >= 11 is 0. The third-order valence-corrected chi connectivity index (χ3v) is 9.26. The monoisotopic (exact) mass is 727 g/mol. The van der Waals surface area contributed by atoms with Gasteiger partial charge < -0.3 is 19.3 Å². The summed E-state index contributed by atoms with van der Waals surface area (Å²) in [5, 5.41) is 0. The lowest BCUT2D eigenvalue weighted by atomic mass is 10.0. The van der Waals surface area contributed by atoms with E-state index >= 15 is 0 Å². The van der Waals surface area contributed by atoms with E-state index in [9.17, 15) is 14.2 Å². The van der Waals surface area contributed by atoms with E-state index in [0.717, 1.165) is 57.8 Å². The number of carbonyl (C=O) groups is 2. The summed E-state index contributed by atoms with van der Waals surface area (Å²) in [6.45, 7) is 5.17. The first-order valence-electron chi connectivity index (χ1n) is 20.2. The Morgan fingerprint density at radius 1 is 0.580 bits per heavy atom. The third kappa shape index (κ3) is 39.1. The van der Waals surface area contributed by atoms with E-state index in [4.69, 9.17) is 19.3 Å². The second-order valence-electron chi connectivity index (χ2n) is 13.7. The molecular weight excluding hydrogens is 651 g/mol. The fourth-order valence-electron chi connectivity index (χ4n) is 5.74. The van der Waals surface area contributed by atoms with Crippen LogP contribution in [0.25, 0.3) is 0 Å². The summed E-state index contributed by atoms with van der Waals surface area (Å²) in [6, 6.07) is 0. The van der Waals surface area contributed by atoms with Gasteiger partial charge in [-0.25, -0.2) is 4.57 Å². The molecule has 0 rings (SSSR count). The highest BCUT2D eigenvalue weighted by Gasteiger charge is 2.22. The Bertz CT molecular complexity index is 897. The van der Waals surface area contributed by atoms with Gasteiger partial charge in [-0.15, -0.1) is 6.58 Å². The molecule has 0 aliphatic heterocycles. The van der Waals surface area contributed by atoms with Crippen molar-refractivity contribution in [2.45, 2.75) is 199 Å². The highest BCUT2D eigenvalue weighted by atomic mass is 31.2. The van der Waals surface area contributed by atoms with Crippen LogP contribution < -0.4 is 0 Å². The molecule has 0 aliphatic carbocycles. The molecule has 292 valence electrons. The molecule has 2 N–H and O–H groups in total. The molecule has 8 nitrogen and oxygen atoms in total. The van der Waals surface area contributed by atoms with E-state index in [-0.39, 0.29) is 19.4 Å². The molecule has 0 saturated heterocycles. The number of allylic oxidation sites excluding steroid dienone is 5. The number of phosphoric acid groups is 1. The van der Waals surface area contributed by atoms with Gasteiger partial charge in [0.1, 0.15) is 6.61 Å². The average molecular weight is 727 g/mol. The Hall–Kier alpha value is -1.73. The van der Waals surface area contributed by atoms with Crippen molar-refractivity contribution in [2.24, 2.45) is 0 Å². The van der Waals surface area contributed by atoms with Crippen LogP contribution in [0.5, 0.6) is 0 Å². The SMILES string of the molecule is C=CCCCCCCCCCCCCCCCC(=O)OC[C@H](COP(=O)(O)O)OC(=O)CCCCCCCCC/C=C/C/C=C/CCCCC. The minimum Gasteiger partial charge on any atom is -0.462 e. The molecule has 0 heterocycles. The largest absolute Gasteiger partial charge is 0.469 e. The van der Waals surface area contributed by atoms with Gasteiger partial charge in [0.15, 0.2) is 6.10 Å². The van der Waals surface area contributed by atoms with Crippen LogP contribution >= 0.6 is 7.82 Å². The van der Waals surface area contributed by atoms with Crippen molar-refractivity contribution in [3.8, 4) is 0 Å². The highest BCUT2D eigenvalue weighted by Crippen LogP contribution is 2.36. The van der Waals surface area contributed by atoms with Crippen LogP contribution in [-0.2, 0) is 28.2 Å². The fraction of sp³-hybridized carbons (Fsp3) is 0.805. The Balaban J connectivity index is 3.92. The van der Waals surface area contributed by atoms with Crippen molar-refractivity contribution in [1.29, 1.82) is 0 Å². The van der Waals surface area contributed by atoms with Gasteiger partial charge in [0.2, 0.25) is 0 Å². The molecule has 0 fully saturated rings. The lowest BCUT2D eigenvalue weighted by Crippen LogP contribution is -2.29. The fourth-order valence-corrected chi connectivity index (χ4v) is 6.10. The summed E-state index contributed by atoms with van der Waals surface area (Å²) < 4.78 is 26.4. The first-order chi connectivity index (χ1) is 24.3. The maximum atomic E-state index is 12.4. The van der Waals surface area contributed by atoms with Gasteiger partial charge in [0.05, 0.1) is 6.61 Å². The quantitative estimate of drug-likeness (QED) is 0.0279. The van der Waals surface area contributed by atoms with E-state index in [1.807, 2.05) is 6.08 Å². The van der Waals surface area contributed by atoms with Crippen molar-refractivity contribution in [3.63, 3.8) is 0 Å². The van der Waals surface area contributed by atoms with E-state index in [0.29, 0.717) is 6.42 Å². The number of esters is 2. The van der Waals surface area contributed by atoms with Crippen LogP contribution in [0.2, 0.25) is 0 Å². The molecule has 1 atom stereocenters. The maximum Gasteiger partial charge on any atom is 0.469 e. The predicted molar refractivity (Wildman–Crippen MR) is 207 cm³/mol. The van der Waals surface area contributed by atoms with Crippen molar-refractivity contribution in [3.05, 3.63) is 37.0 Å². The second-order valence-corrected chi connectivity index (χ2v) is 14.9. The van der Waals surface area contributed by atoms with E-state index in [1.165, 1.54) is 109 Å². The van der Waals surface area contributed by atoms with Gasteiger partial charge in [-0.05, 0) is 57.8 Å². The van der Waals surface area contributed by atoms with E-state index < -0.39 is 32.5 Å².